The summed E-state index contributed by atoms with van der Waals surface area (Å²) in [5.74, 6) is 0.893. The first-order valence-electron chi connectivity index (χ1n) is 10.9. The van der Waals surface area contributed by atoms with Crippen molar-refractivity contribution in [1.82, 2.24) is 19.9 Å². The van der Waals surface area contributed by atoms with E-state index in [0.717, 1.165) is 31.7 Å². The van der Waals surface area contributed by atoms with E-state index in [0.29, 0.717) is 36.6 Å². The molecule has 1 amide bonds. The molecule has 3 aliphatic rings. The van der Waals surface area contributed by atoms with Crippen molar-refractivity contribution in [3.05, 3.63) is 35.9 Å². The molecule has 1 saturated carbocycles. The Kier molecular flexibility index (Phi) is 5.66. The van der Waals surface area contributed by atoms with E-state index in [2.05, 4.69) is 25.2 Å². The van der Waals surface area contributed by atoms with Crippen LogP contribution in [0.25, 0.3) is 0 Å². The first-order valence-corrected chi connectivity index (χ1v) is 12.8. The zero-order chi connectivity index (χ0) is 22.3. The fraction of sp³-hybridized carbons (Fsp3) is 0.524. The van der Waals surface area contributed by atoms with E-state index < -0.39 is 9.84 Å². The maximum absolute atomic E-state index is 13.0. The van der Waals surface area contributed by atoms with E-state index in [1.807, 2.05) is 4.90 Å². The molecule has 1 aliphatic carbocycles. The number of anilines is 2. The van der Waals surface area contributed by atoms with E-state index in [-0.39, 0.29) is 28.3 Å². The third-order valence-electron chi connectivity index (χ3n) is 6.41. The molecule has 11 heteroatoms. The molecule has 3 fully saturated rings. The average Bonchev–Trinajstić information content (AvgIpc) is 3.61. The summed E-state index contributed by atoms with van der Waals surface area (Å²) in [7, 11) is -3.30. The lowest BCUT2D eigenvalue weighted by molar-refractivity contribution is -0.130. The first kappa shape index (κ1) is 21.4. The molecular weight excluding hydrogens is 452 g/mol. The number of carbonyl (C=O) groups is 1. The Bertz CT molecular complexity index is 1080. The Morgan fingerprint density at radius 2 is 1.72 bits per heavy atom. The molecule has 1 N–H and O–H groups in total. The van der Waals surface area contributed by atoms with Crippen LogP contribution < -0.4 is 10.2 Å². The Hall–Kier alpha value is -2.46. The number of amides is 1. The number of hydrogen-bond donors (Lipinski definition) is 1. The molecule has 0 unspecified atom stereocenters. The van der Waals surface area contributed by atoms with Crippen molar-refractivity contribution in [2.45, 2.75) is 54.5 Å². The van der Waals surface area contributed by atoms with Gasteiger partial charge in [-0.1, -0.05) is 11.6 Å². The summed E-state index contributed by atoms with van der Waals surface area (Å²) in [6.45, 7) is 2.33. The van der Waals surface area contributed by atoms with Crippen molar-refractivity contribution in [3.63, 3.8) is 0 Å². The summed E-state index contributed by atoms with van der Waals surface area (Å²) < 4.78 is 24.6. The lowest BCUT2D eigenvalue weighted by Crippen LogP contribution is -2.47. The van der Waals surface area contributed by atoms with Gasteiger partial charge in [0.2, 0.25) is 5.91 Å². The van der Waals surface area contributed by atoms with Crippen LogP contribution in [-0.4, -0.2) is 71.1 Å². The van der Waals surface area contributed by atoms with Gasteiger partial charge in [-0.2, -0.15) is 0 Å². The zero-order valence-corrected chi connectivity index (χ0v) is 19.1. The number of rotatable bonds is 6. The maximum Gasteiger partial charge on any atom is 0.245 e. The van der Waals surface area contributed by atoms with Crippen LogP contribution in [-0.2, 0) is 14.6 Å². The number of carbonyl (C=O) groups excluding carboxylic acids is 1. The summed E-state index contributed by atoms with van der Waals surface area (Å²) in [5.41, 5.74) is 0.663. The number of likely N-dealkylation sites (tertiary alicyclic amines) is 1. The molecule has 5 rings (SSSR count). The number of piperidine rings is 1. The summed E-state index contributed by atoms with van der Waals surface area (Å²) in [4.78, 5) is 29.7. The number of pyridine rings is 1. The van der Waals surface area contributed by atoms with Crippen molar-refractivity contribution in [2.75, 3.05) is 29.9 Å². The molecule has 4 heterocycles. The number of sulfone groups is 1. The van der Waals surface area contributed by atoms with Crippen LogP contribution in [0.4, 0.5) is 11.5 Å². The van der Waals surface area contributed by atoms with Gasteiger partial charge in [-0.05, 0) is 44.2 Å². The lowest BCUT2D eigenvalue weighted by atomic mass is 10.0. The monoisotopic (exact) mass is 476 g/mol. The van der Waals surface area contributed by atoms with Crippen LogP contribution in [0.1, 0.15) is 32.1 Å². The highest BCUT2D eigenvalue weighted by atomic mass is 35.5. The van der Waals surface area contributed by atoms with Crippen LogP contribution in [0.15, 0.2) is 35.7 Å². The summed E-state index contributed by atoms with van der Waals surface area (Å²) >= 11 is 5.82. The number of hydrogen-bond acceptors (Lipinski definition) is 8. The summed E-state index contributed by atoms with van der Waals surface area (Å²) in [6, 6.07) is 3.12. The largest absolute Gasteiger partial charge is 0.372 e. The Morgan fingerprint density at radius 3 is 2.34 bits per heavy atom. The number of nitrogens with zero attached hydrogens (tertiary/aromatic N) is 5. The molecule has 2 aliphatic heterocycles. The number of halogens is 1. The van der Waals surface area contributed by atoms with Gasteiger partial charge in [0.25, 0.3) is 0 Å². The molecule has 1 atom stereocenters. The predicted octanol–water partition coefficient (Wildman–Crippen LogP) is 2.14. The molecule has 0 aromatic carbocycles. The Labute approximate surface area is 192 Å². The van der Waals surface area contributed by atoms with Crippen LogP contribution in [0.2, 0.25) is 5.15 Å². The average molecular weight is 477 g/mol. The van der Waals surface area contributed by atoms with Crippen molar-refractivity contribution >= 4 is 38.9 Å². The van der Waals surface area contributed by atoms with Gasteiger partial charge in [0.1, 0.15) is 17.0 Å². The maximum atomic E-state index is 13.0. The molecule has 170 valence electrons. The molecule has 9 nitrogen and oxygen atoms in total. The van der Waals surface area contributed by atoms with Gasteiger partial charge in [-0.25, -0.2) is 23.4 Å². The molecule has 2 aromatic heterocycles. The highest BCUT2D eigenvalue weighted by molar-refractivity contribution is 7.92. The van der Waals surface area contributed by atoms with Crippen LogP contribution >= 0.6 is 11.6 Å². The summed E-state index contributed by atoms with van der Waals surface area (Å²) in [6.07, 6.45) is 8.62. The van der Waals surface area contributed by atoms with Crippen LogP contribution in [0.5, 0.6) is 0 Å². The second-order valence-electron chi connectivity index (χ2n) is 8.56. The van der Waals surface area contributed by atoms with Gasteiger partial charge in [-0.15, -0.1) is 0 Å². The predicted molar refractivity (Wildman–Crippen MR) is 120 cm³/mol. The van der Waals surface area contributed by atoms with Gasteiger partial charge in [0.05, 0.1) is 29.5 Å². The number of nitrogens with one attached hydrogen (secondary N) is 1. The second kappa shape index (κ2) is 8.47. The van der Waals surface area contributed by atoms with Gasteiger partial charge >= 0.3 is 0 Å². The minimum absolute atomic E-state index is 0.0874. The van der Waals surface area contributed by atoms with Gasteiger partial charge in [-0.3, -0.25) is 4.79 Å². The van der Waals surface area contributed by atoms with E-state index in [4.69, 9.17) is 11.6 Å². The fourth-order valence-electron chi connectivity index (χ4n) is 4.46. The zero-order valence-electron chi connectivity index (χ0n) is 17.5. The van der Waals surface area contributed by atoms with E-state index in [1.54, 1.807) is 18.5 Å². The SMILES string of the molecule is O=C1[C@@H](Nc2ccc(S(=O)(=O)C3CC3)nc2)CCN1C1CCN(c2cnc(Cl)cn2)CC1. The molecule has 32 heavy (non-hydrogen) atoms. The van der Waals surface area contributed by atoms with Gasteiger partial charge in [0, 0.05) is 25.7 Å². The lowest BCUT2D eigenvalue weighted by Gasteiger charge is -2.37. The fourth-order valence-corrected chi connectivity index (χ4v) is 6.11. The smallest absolute Gasteiger partial charge is 0.245 e. The van der Waals surface area contributed by atoms with Gasteiger partial charge in [0.15, 0.2) is 14.9 Å². The molecule has 0 bridgehead atoms. The van der Waals surface area contributed by atoms with Gasteiger partial charge < -0.3 is 15.1 Å². The quantitative estimate of drug-likeness (QED) is 0.675. The van der Waals surface area contributed by atoms with E-state index >= 15 is 0 Å². The topological polar surface area (TPSA) is 108 Å². The van der Waals surface area contributed by atoms with Crippen molar-refractivity contribution in [2.24, 2.45) is 0 Å². The highest BCUT2D eigenvalue weighted by Crippen LogP contribution is 2.33. The number of aromatic nitrogens is 3. The second-order valence-corrected chi connectivity index (χ2v) is 11.1. The Balaban J connectivity index is 1.16. The minimum atomic E-state index is -3.30. The first-order chi connectivity index (χ1) is 15.4. The van der Waals surface area contributed by atoms with E-state index in [9.17, 15) is 13.2 Å². The van der Waals surface area contributed by atoms with E-state index in [1.165, 1.54) is 12.3 Å². The third kappa shape index (κ3) is 4.25. The van der Waals surface area contributed by atoms with Crippen molar-refractivity contribution in [3.8, 4) is 0 Å². The molecule has 2 saturated heterocycles. The van der Waals surface area contributed by atoms with Crippen molar-refractivity contribution in [1.29, 1.82) is 0 Å². The van der Waals surface area contributed by atoms with Crippen LogP contribution in [0, 0.1) is 0 Å². The highest BCUT2D eigenvalue weighted by Gasteiger charge is 2.39. The van der Waals surface area contributed by atoms with Crippen molar-refractivity contribution < 1.29 is 13.2 Å². The normalized spacial score (nSPS) is 22.4. The minimum Gasteiger partial charge on any atom is -0.372 e. The van der Waals surface area contributed by atoms with Crippen LogP contribution in [0.3, 0.4) is 0 Å². The molecular formula is C21H25ClN6O3S. The summed E-state index contributed by atoms with van der Waals surface area (Å²) in [5, 5.41) is 3.44. The third-order valence-corrected chi connectivity index (χ3v) is 8.78. The standard InChI is InChI=1S/C21H25ClN6O3S/c22-18-12-24-19(13-23-18)27-8-5-15(6-9-27)28-10-7-17(21(28)29)26-14-1-4-20(25-11-14)32(30,31)16-2-3-16/h1,4,11-13,15-17,26H,2-3,5-10H2/t17-/m0/s1. The molecule has 0 radical (unpaired) electrons. The molecule has 2 aromatic rings. The Morgan fingerprint density at radius 1 is 0.938 bits per heavy atom. The molecule has 0 spiro atoms.